The highest BCUT2D eigenvalue weighted by atomic mass is 19.4. The van der Waals surface area contributed by atoms with E-state index in [1.807, 2.05) is 18.7 Å². The summed E-state index contributed by atoms with van der Waals surface area (Å²) in [6.07, 6.45) is -4.16. The molecule has 0 radical (unpaired) electrons. The third kappa shape index (κ3) is 3.62. The van der Waals surface area contributed by atoms with Crippen LogP contribution in [0.4, 0.5) is 19.2 Å². The van der Waals surface area contributed by atoms with E-state index in [1.165, 1.54) is 4.90 Å². The molecule has 1 fully saturated rings. The molecule has 5 nitrogen and oxygen atoms in total. The van der Waals surface area contributed by atoms with Crippen LogP contribution < -0.4 is 4.90 Å². The van der Waals surface area contributed by atoms with E-state index in [-0.39, 0.29) is 12.0 Å². The number of nitrogens with zero attached hydrogens (tertiary/aromatic N) is 4. The molecule has 2 heterocycles. The molecule has 114 valence electrons. The van der Waals surface area contributed by atoms with Crippen molar-refractivity contribution in [2.24, 2.45) is 0 Å². The van der Waals surface area contributed by atoms with Gasteiger partial charge < -0.3 is 9.42 Å². The van der Waals surface area contributed by atoms with E-state index in [9.17, 15) is 13.2 Å². The van der Waals surface area contributed by atoms with Gasteiger partial charge >= 0.3 is 12.2 Å². The van der Waals surface area contributed by atoms with E-state index in [0.29, 0.717) is 31.5 Å². The molecule has 2 rings (SSSR count). The molecule has 0 aromatic carbocycles. The van der Waals surface area contributed by atoms with Crippen LogP contribution in [0.2, 0.25) is 0 Å². The number of hydrogen-bond acceptors (Lipinski definition) is 5. The number of piperazine rings is 1. The van der Waals surface area contributed by atoms with Crippen LogP contribution in [-0.4, -0.2) is 53.4 Å². The Labute approximate surface area is 115 Å². The lowest BCUT2D eigenvalue weighted by Gasteiger charge is -2.39. The van der Waals surface area contributed by atoms with Gasteiger partial charge in [-0.15, -0.1) is 0 Å². The summed E-state index contributed by atoms with van der Waals surface area (Å²) in [5, 5.41) is 3.87. The zero-order chi connectivity index (χ0) is 14.9. The second kappa shape index (κ2) is 5.59. The number of aromatic nitrogens is 2. The van der Waals surface area contributed by atoms with Crippen LogP contribution in [0.1, 0.15) is 32.5 Å². The maximum atomic E-state index is 12.4. The molecule has 1 unspecified atom stereocenters. The van der Waals surface area contributed by atoms with Gasteiger partial charge in [0.15, 0.2) is 5.82 Å². The second-order valence-corrected chi connectivity index (χ2v) is 5.47. The average Bonchev–Trinajstić information content (AvgIpc) is 2.79. The van der Waals surface area contributed by atoms with Gasteiger partial charge in [0.2, 0.25) is 0 Å². The fourth-order valence-electron chi connectivity index (χ4n) is 2.22. The van der Waals surface area contributed by atoms with Crippen LogP contribution in [0, 0.1) is 0 Å². The molecule has 1 aliphatic heterocycles. The third-order valence-electron chi connectivity index (χ3n) is 3.37. The molecule has 8 heteroatoms. The van der Waals surface area contributed by atoms with E-state index in [2.05, 4.69) is 10.1 Å². The number of anilines is 1. The molecular formula is C12H19F3N4O. The van der Waals surface area contributed by atoms with Crippen molar-refractivity contribution < 1.29 is 17.7 Å². The molecule has 0 saturated carbocycles. The molecule has 1 saturated heterocycles. The van der Waals surface area contributed by atoms with Gasteiger partial charge in [-0.3, -0.25) is 4.90 Å². The van der Waals surface area contributed by atoms with Crippen molar-refractivity contribution in [3.05, 3.63) is 5.82 Å². The summed E-state index contributed by atoms with van der Waals surface area (Å²) in [5.74, 6) is 0.779. The van der Waals surface area contributed by atoms with Crippen molar-refractivity contribution in [3.8, 4) is 0 Å². The smallest absolute Gasteiger partial charge is 0.322 e. The molecule has 1 aromatic heterocycles. The highest BCUT2D eigenvalue weighted by Crippen LogP contribution is 2.23. The van der Waals surface area contributed by atoms with Crippen molar-refractivity contribution in [2.75, 3.05) is 31.1 Å². The Kier molecular flexibility index (Phi) is 4.22. The summed E-state index contributed by atoms with van der Waals surface area (Å²) < 4.78 is 42.5. The lowest BCUT2D eigenvalue weighted by molar-refractivity contribution is -0.150. The minimum absolute atomic E-state index is 0.163. The van der Waals surface area contributed by atoms with Gasteiger partial charge in [-0.2, -0.15) is 18.2 Å². The van der Waals surface area contributed by atoms with E-state index in [1.54, 1.807) is 6.92 Å². The lowest BCUT2D eigenvalue weighted by Crippen LogP contribution is -2.54. The second-order valence-electron chi connectivity index (χ2n) is 5.47. The quantitative estimate of drug-likeness (QED) is 0.855. The van der Waals surface area contributed by atoms with Gasteiger partial charge in [0, 0.05) is 31.6 Å². The largest absolute Gasteiger partial charge is 0.401 e. The number of rotatable bonds is 3. The van der Waals surface area contributed by atoms with Crippen LogP contribution in [0.25, 0.3) is 0 Å². The summed E-state index contributed by atoms with van der Waals surface area (Å²) in [4.78, 5) is 7.55. The van der Waals surface area contributed by atoms with Crippen LogP contribution >= 0.6 is 0 Å². The molecule has 1 atom stereocenters. The number of halogens is 3. The topological polar surface area (TPSA) is 45.4 Å². The Bertz CT molecular complexity index is 446. The summed E-state index contributed by atoms with van der Waals surface area (Å²) in [6, 6.07) is 0.187. The van der Waals surface area contributed by atoms with Gasteiger partial charge in [-0.25, -0.2) is 0 Å². The first-order valence-electron chi connectivity index (χ1n) is 6.65. The highest BCUT2D eigenvalue weighted by molar-refractivity contribution is 5.27. The maximum absolute atomic E-state index is 12.4. The first-order valence-corrected chi connectivity index (χ1v) is 6.65. The minimum atomic E-state index is -4.16. The number of alkyl halides is 3. The molecule has 0 bridgehead atoms. The molecule has 0 spiro atoms. The molecule has 1 aromatic rings. The summed E-state index contributed by atoms with van der Waals surface area (Å²) in [5.41, 5.74) is 0. The Morgan fingerprint density at radius 1 is 1.35 bits per heavy atom. The molecule has 0 aliphatic carbocycles. The van der Waals surface area contributed by atoms with Crippen molar-refractivity contribution in [2.45, 2.75) is 38.9 Å². The zero-order valence-electron chi connectivity index (χ0n) is 11.8. The molecule has 0 N–H and O–H groups in total. The maximum Gasteiger partial charge on any atom is 0.401 e. The fourth-order valence-corrected chi connectivity index (χ4v) is 2.22. The minimum Gasteiger partial charge on any atom is -0.322 e. The van der Waals surface area contributed by atoms with Crippen LogP contribution in [0.15, 0.2) is 4.52 Å². The highest BCUT2D eigenvalue weighted by Gasteiger charge is 2.35. The normalized spacial score (nSPS) is 21.8. The van der Waals surface area contributed by atoms with E-state index in [0.717, 1.165) is 0 Å². The first kappa shape index (κ1) is 15.1. The molecule has 0 amide bonds. The van der Waals surface area contributed by atoms with Crippen LogP contribution in [0.3, 0.4) is 0 Å². The van der Waals surface area contributed by atoms with Gasteiger partial charge in [-0.05, 0) is 6.92 Å². The number of hydrogen-bond donors (Lipinski definition) is 0. The molecule has 20 heavy (non-hydrogen) atoms. The fraction of sp³-hybridized carbons (Fsp3) is 0.833. The standard InChI is InChI=1S/C12H19F3N4O/c1-8(2)10-16-11(20-17-10)18-4-5-19(9(3)6-18)7-12(13,14)15/h8-9H,4-7H2,1-3H3. The molecule has 1 aliphatic rings. The summed E-state index contributed by atoms with van der Waals surface area (Å²) in [6.45, 7) is 6.06. The Morgan fingerprint density at radius 3 is 2.55 bits per heavy atom. The summed E-state index contributed by atoms with van der Waals surface area (Å²) >= 11 is 0. The predicted octanol–water partition coefficient (Wildman–Crippen LogP) is 2.27. The van der Waals surface area contributed by atoms with Crippen molar-refractivity contribution in [1.82, 2.24) is 15.0 Å². The average molecular weight is 292 g/mol. The SMILES string of the molecule is CC(C)c1noc(N2CCN(CC(F)(F)F)C(C)C2)n1. The Hall–Kier alpha value is -1.31. The van der Waals surface area contributed by atoms with Crippen molar-refractivity contribution in [3.63, 3.8) is 0 Å². The van der Waals surface area contributed by atoms with Gasteiger partial charge in [-0.1, -0.05) is 19.0 Å². The van der Waals surface area contributed by atoms with E-state index >= 15 is 0 Å². The zero-order valence-corrected chi connectivity index (χ0v) is 11.8. The Balaban J connectivity index is 1.97. The Morgan fingerprint density at radius 2 is 2.05 bits per heavy atom. The van der Waals surface area contributed by atoms with Crippen LogP contribution in [0.5, 0.6) is 0 Å². The van der Waals surface area contributed by atoms with E-state index in [4.69, 9.17) is 4.52 Å². The van der Waals surface area contributed by atoms with Crippen molar-refractivity contribution >= 4 is 6.01 Å². The first-order chi connectivity index (χ1) is 9.26. The van der Waals surface area contributed by atoms with Crippen LogP contribution in [-0.2, 0) is 0 Å². The summed E-state index contributed by atoms with van der Waals surface area (Å²) in [7, 11) is 0. The van der Waals surface area contributed by atoms with Gasteiger partial charge in [0.25, 0.3) is 0 Å². The van der Waals surface area contributed by atoms with E-state index < -0.39 is 12.7 Å². The molecular weight excluding hydrogens is 273 g/mol. The van der Waals surface area contributed by atoms with Gasteiger partial charge in [0.05, 0.1) is 6.54 Å². The van der Waals surface area contributed by atoms with Crippen molar-refractivity contribution in [1.29, 1.82) is 0 Å². The third-order valence-corrected chi connectivity index (χ3v) is 3.37. The van der Waals surface area contributed by atoms with Gasteiger partial charge in [0.1, 0.15) is 0 Å². The monoisotopic (exact) mass is 292 g/mol. The lowest BCUT2D eigenvalue weighted by atomic mass is 10.2. The predicted molar refractivity (Wildman–Crippen MR) is 67.7 cm³/mol.